The third-order valence-electron chi connectivity index (χ3n) is 5.47. The molecule has 0 spiro atoms. The Morgan fingerprint density at radius 3 is 2.60 bits per heavy atom. The lowest BCUT2D eigenvalue weighted by molar-refractivity contribution is -0.122. The van der Waals surface area contributed by atoms with Gasteiger partial charge < -0.3 is 20.0 Å². The molecule has 1 aromatic carbocycles. The summed E-state index contributed by atoms with van der Waals surface area (Å²) in [6.45, 7) is 6.46. The number of oxazole rings is 1. The van der Waals surface area contributed by atoms with Crippen LogP contribution in [0.2, 0.25) is 0 Å². The molecule has 1 aromatic heterocycles. The van der Waals surface area contributed by atoms with E-state index in [-0.39, 0.29) is 5.91 Å². The van der Waals surface area contributed by atoms with Gasteiger partial charge in [0.05, 0.1) is 18.8 Å². The summed E-state index contributed by atoms with van der Waals surface area (Å²) in [4.78, 5) is 25.4. The van der Waals surface area contributed by atoms with Crippen molar-refractivity contribution in [2.45, 2.75) is 32.4 Å². The van der Waals surface area contributed by atoms with E-state index in [9.17, 15) is 4.79 Å². The molecule has 1 saturated heterocycles. The summed E-state index contributed by atoms with van der Waals surface area (Å²) in [7, 11) is 1.79. The number of aliphatic imine (C=N–C) groups is 1. The maximum absolute atomic E-state index is 12.0. The van der Waals surface area contributed by atoms with E-state index in [1.807, 2.05) is 12.1 Å². The Kier molecular flexibility index (Phi) is 6.32. The maximum Gasteiger partial charge on any atom is 0.234 e. The zero-order chi connectivity index (χ0) is 20.9. The number of carbonyl (C=O) groups is 1. The quantitative estimate of drug-likeness (QED) is 0.556. The first-order valence-corrected chi connectivity index (χ1v) is 10.6. The summed E-state index contributed by atoms with van der Waals surface area (Å²) in [5, 5.41) is 6.43. The van der Waals surface area contributed by atoms with Crippen LogP contribution in [0, 0.1) is 6.92 Å². The van der Waals surface area contributed by atoms with Crippen LogP contribution < -0.4 is 10.6 Å². The number of benzene rings is 1. The SMILES string of the molecule is CN=C(NCc1coc(-c2ccc(C)cc2)n1)N1CCN(CC(=O)NC2CC2)CC1. The molecular weight excluding hydrogens is 380 g/mol. The Balaban J connectivity index is 1.24. The van der Waals surface area contributed by atoms with Crippen molar-refractivity contribution in [3.8, 4) is 11.5 Å². The lowest BCUT2D eigenvalue weighted by Crippen LogP contribution is -2.54. The molecule has 4 rings (SSSR count). The maximum atomic E-state index is 12.0. The minimum Gasteiger partial charge on any atom is -0.444 e. The van der Waals surface area contributed by atoms with Gasteiger partial charge in [-0.3, -0.25) is 14.7 Å². The molecule has 2 heterocycles. The van der Waals surface area contributed by atoms with Crippen molar-refractivity contribution in [2.75, 3.05) is 39.8 Å². The normalized spacial score (nSPS) is 17.8. The van der Waals surface area contributed by atoms with E-state index in [2.05, 4.69) is 49.5 Å². The van der Waals surface area contributed by atoms with Gasteiger partial charge in [-0.2, -0.15) is 0 Å². The lowest BCUT2D eigenvalue weighted by atomic mass is 10.1. The van der Waals surface area contributed by atoms with E-state index in [1.54, 1.807) is 13.3 Å². The van der Waals surface area contributed by atoms with Crippen LogP contribution in [0.5, 0.6) is 0 Å². The molecule has 2 fully saturated rings. The monoisotopic (exact) mass is 410 g/mol. The van der Waals surface area contributed by atoms with Crippen LogP contribution in [0.25, 0.3) is 11.5 Å². The molecule has 0 unspecified atom stereocenters. The minimum atomic E-state index is 0.142. The van der Waals surface area contributed by atoms with Crippen LogP contribution in [0.4, 0.5) is 0 Å². The van der Waals surface area contributed by atoms with E-state index in [4.69, 9.17) is 4.42 Å². The summed E-state index contributed by atoms with van der Waals surface area (Å²) in [6, 6.07) is 8.55. The van der Waals surface area contributed by atoms with Gasteiger partial charge in [0.2, 0.25) is 11.8 Å². The summed E-state index contributed by atoms with van der Waals surface area (Å²) in [5.41, 5.74) is 3.01. The van der Waals surface area contributed by atoms with Gasteiger partial charge in [0.25, 0.3) is 0 Å². The number of aromatic nitrogens is 1. The molecule has 2 aromatic rings. The molecule has 0 radical (unpaired) electrons. The highest BCUT2D eigenvalue weighted by atomic mass is 16.3. The predicted molar refractivity (Wildman–Crippen MR) is 116 cm³/mol. The Labute approximate surface area is 177 Å². The van der Waals surface area contributed by atoms with Crippen molar-refractivity contribution >= 4 is 11.9 Å². The van der Waals surface area contributed by atoms with Gasteiger partial charge in [-0.1, -0.05) is 17.7 Å². The number of rotatable bonds is 6. The van der Waals surface area contributed by atoms with Crippen LogP contribution >= 0.6 is 0 Å². The van der Waals surface area contributed by atoms with Gasteiger partial charge in [0, 0.05) is 44.8 Å². The van der Waals surface area contributed by atoms with E-state index >= 15 is 0 Å². The molecule has 2 N–H and O–H groups in total. The van der Waals surface area contributed by atoms with Crippen molar-refractivity contribution < 1.29 is 9.21 Å². The average Bonchev–Trinajstić information content (AvgIpc) is 3.43. The Hall–Kier alpha value is -2.87. The fraction of sp³-hybridized carbons (Fsp3) is 0.500. The summed E-state index contributed by atoms with van der Waals surface area (Å²) >= 11 is 0. The van der Waals surface area contributed by atoms with Gasteiger partial charge >= 0.3 is 0 Å². The Morgan fingerprint density at radius 2 is 1.93 bits per heavy atom. The second-order valence-corrected chi connectivity index (χ2v) is 8.02. The number of hydrogen-bond donors (Lipinski definition) is 2. The van der Waals surface area contributed by atoms with Crippen LogP contribution in [-0.2, 0) is 11.3 Å². The first-order valence-electron chi connectivity index (χ1n) is 10.6. The zero-order valence-electron chi connectivity index (χ0n) is 17.7. The number of carbonyl (C=O) groups excluding carboxylic acids is 1. The summed E-state index contributed by atoms with van der Waals surface area (Å²) in [5.74, 6) is 1.61. The van der Waals surface area contributed by atoms with Crippen molar-refractivity contribution in [3.63, 3.8) is 0 Å². The molecule has 1 aliphatic carbocycles. The topological polar surface area (TPSA) is 86.0 Å². The molecule has 1 saturated carbocycles. The highest BCUT2D eigenvalue weighted by Crippen LogP contribution is 2.19. The number of nitrogens with one attached hydrogen (secondary N) is 2. The second-order valence-electron chi connectivity index (χ2n) is 8.02. The molecule has 2 aliphatic rings. The number of hydrogen-bond acceptors (Lipinski definition) is 5. The van der Waals surface area contributed by atoms with Crippen molar-refractivity contribution in [1.29, 1.82) is 0 Å². The van der Waals surface area contributed by atoms with Crippen LogP contribution in [0.15, 0.2) is 39.9 Å². The largest absolute Gasteiger partial charge is 0.444 e. The van der Waals surface area contributed by atoms with E-state index in [0.29, 0.717) is 25.0 Å². The second kappa shape index (κ2) is 9.30. The number of aryl methyl sites for hydroxylation is 1. The number of amides is 1. The van der Waals surface area contributed by atoms with E-state index in [1.165, 1.54) is 5.56 Å². The van der Waals surface area contributed by atoms with Crippen molar-refractivity contribution in [1.82, 2.24) is 25.4 Å². The minimum absolute atomic E-state index is 0.142. The van der Waals surface area contributed by atoms with Gasteiger partial charge in [0.15, 0.2) is 5.96 Å². The Morgan fingerprint density at radius 1 is 1.20 bits per heavy atom. The standard InChI is InChI=1S/C22H30N6O2/c1-16-3-5-17(6-4-16)21-26-19(15-30-21)13-24-22(23-2)28-11-9-27(10-12-28)14-20(29)25-18-7-8-18/h3-6,15,18H,7-14H2,1-2H3,(H,23,24)(H,25,29). The molecule has 160 valence electrons. The summed E-state index contributed by atoms with van der Waals surface area (Å²) in [6.07, 6.45) is 3.94. The van der Waals surface area contributed by atoms with Gasteiger partial charge in [-0.05, 0) is 31.9 Å². The van der Waals surface area contributed by atoms with Gasteiger partial charge in [-0.25, -0.2) is 4.98 Å². The van der Waals surface area contributed by atoms with E-state index < -0.39 is 0 Å². The predicted octanol–water partition coefficient (Wildman–Crippen LogP) is 1.62. The molecule has 0 bridgehead atoms. The van der Waals surface area contributed by atoms with Crippen molar-refractivity contribution in [2.24, 2.45) is 4.99 Å². The first kappa shape index (κ1) is 20.4. The van der Waals surface area contributed by atoms with Crippen LogP contribution in [0.3, 0.4) is 0 Å². The fourth-order valence-electron chi connectivity index (χ4n) is 3.54. The molecule has 0 atom stereocenters. The number of guanidine groups is 1. The smallest absolute Gasteiger partial charge is 0.234 e. The number of nitrogens with zero attached hydrogens (tertiary/aromatic N) is 4. The molecule has 1 amide bonds. The summed E-state index contributed by atoms with van der Waals surface area (Å²) < 4.78 is 5.64. The molecular formula is C22H30N6O2. The molecule has 8 nitrogen and oxygen atoms in total. The van der Waals surface area contributed by atoms with Crippen molar-refractivity contribution in [3.05, 3.63) is 41.8 Å². The lowest BCUT2D eigenvalue weighted by Gasteiger charge is -2.36. The molecule has 8 heteroatoms. The number of piperazine rings is 1. The van der Waals surface area contributed by atoms with Gasteiger partial charge in [0.1, 0.15) is 6.26 Å². The first-order chi connectivity index (χ1) is 14.6. The molecule has 30 heavy (non-hydrogen) atoms. The van der Waals surface area contributed by atoms with Crippen LogP contribution in [-0.4, -0.2) is 72.5 Å². The Bertz CT molecular complexity index is 879. The van der Waals surface area contributed by atoms with Crippen LogP contribution in [0.1, 0.15) is 24.1 Å². The molecule has 1 aliphatic heterocycles. The third kappa shape index (κ3) is 5.38. The van der Waals surface area contributed by atoms with E-state index in [0.717, 1.165) is 56.2 Å². The van der Waals surface area contributed by atoms with Gasteiger partial charge in [-0.15, -0.1) is 0 Å². The highest BCUT2D eigenvalue weighted by Gasteiger charge is 2.26. The third-order valence-corrected chi connectivity index (χ3v) is 5.47. The average molecular weight is 411 g/mol. The zero-order valence-corrected chi connectivity index (χ0v) is 17.7. The fourth-order valence-corrected chi connectivity index (χ4v) is 3.54. The highest BCUT2D eigenvalue weighted by molar-refractivity contribution is 5.80.